The number of anilines is 2. The lowest BCUT2D eigenvalue weighted by Gasteiger charge is -2.36. The van der Waals surface area contributed by atoms with Crippen LogP contribution in [-0.4, -0.2) is 72.1 Å². The van der Waals surface area contributed by atoms with Crippen molar-refractivity contribution in [1.29, 1.82) is 0 Å². The Balaban J connectivity index is 1.40. The van der Waals surface area contributed by atoms with E-state index in [4.69, 9.17) is 0 Å². The number of aromatic nitrogens is 3. The third-order valence-corrected chi connectivity index (χ3v) is 11.0. The van der Waals surface area contributed by atoms with Crippen LogP contribution in [0.1, 0.15) is 62.6 Å². The smallest absolute Gasteiger partial charge is 0.276 e. The Morgan fingerprint density at radius 3 is 2.40 bits per heavy atom. The summed E-state index contributed by atoms with van der Waals surface area (Å²) in [5, 5.41) is 4.04. The van der Waals surface area contributed by atoms with Crippen molar-refractivity contribution in [2.45, 2.75) is 64.0 Å². The van der Waals surface area contributed by atoms with Crippen LogP contribution in [0.5, 0.6) is 0 Å². The number of nitrogens with zero attached hydrogens (tertiary/aromatic N) is 5. The van der Waals surface area contributed by atoms with Crippen molar-refractivity contribution in [2.24, 2.45) is 5.92 Å². The Hall–Kier alpha value is -3.12. The Morgan fingerprint density at radius 1 is 0.930 bits per heavy atom. The number of pyridine rings is 1. The number of fused-ring (bicyclic) bond motifs is 8. The molecule has 6 heterocycles. The number of rotatable bonds is 1. The molecular weight excluding hydrogens is 574 g/mol. The maximum atomic E-state index is 15.8. The normalized spacial score (nSPS) is 26.2. The van der Waals surface area contributed by atoms with Gasteiger partial charge in [0.15, 0.2) is 9.84 Å². The molecule has 0 amide bonds. The van der Waals surface area contributed by atoms with Crippen LogP contribution in [0, 0.1) is 5.92 Å². The SMILES string of the molecule is C[C@H]1Nc2ncnc3c2cc(N2CCS(=O)(=O)CC2)c(=O)n3CCCCCCN2CCC(CC2)C(F)(F)c2cccc1c2. The molecule has 2 fully saturated rings. The summed E-state index contributed by atoms with van der Waals surface area (Å²) in [5.41, 5.74) is 1.49. The second kappa shape index (κ2) is 12.1. The summed E-state index contributed by atoms with van der Waals surface area (Å²) in [6.45, 7) is 5.14. The van der Waals surface area contributed by atoms with Crippen molar-refractivity contribution >= 4 is 32.4 Å². The Labute approximate surface area is 251 Å². The minimum Gasteiger partial charge on any atom is -0.365 e. The standard InChI is InChI=1S/C31H40F2N6O3S/c1-22-23-7-6-8-25(19-23)31(32,33)24-9-13-37(14-10-24)11-4-2-3-5-12-39-29-26(28(36-22)34-21-35-29)20-27(30(39)40)38-15-17-43(41,42)18-16-38/h6-8,19-22,24H,2-5,9-18H2,1H3,(H,34,35,36)/t22-/m1/s1. The molecule has 0 unspecified atom stereocenters. The molecule has 43 heavy (non-hydrogen) atoms. The van der Waals surface area contributed by atoms with Crippen LogP contribution in [0.3, 0.4) is 0 Å². The highest BCUT2D eigenvalue weighted by Gasteiger charge is 2.42. The van der Waals surface area contributed by atoms with Gasteiger partial charge in [-0.15, -0.1) is 0 Å². The highest BCUT2D eigenvalue weighted by atomic mass is 32.2. The van der Waals surface area contributed by atoms with Gasteiger partial charge in [0.25, 0.3) is 11.5 Å². The van der Waals surface area contributed by atoms with Crippen molar-refractivity contribution in [3.8, 4) is 0 Å². The molecule has 8 bridgehead atoms. The van der Waals surface area contributed by atoms with E-state index < -0.39 is 21.7 Å². The maximum Gasteiger partial charge on any atom is 0.276 e. The molecule has 7 rings (SSSR count). The third-order valence-electron chi connectivity index (χ3n) is 9.38. The predicted octanol–water partition coefficient (Wildman–Crippen LogP) is 4.58. The molecule has 2 saturated heterocycles. The number of nitrogens with one attached hydrogen (secondary N) is 1. The predicted molar refractivity (Wildman–Crippen MR) is 165 cm³/mol. The third kappa shape index (κ3) is 6.26. The summed E-state index contributed by atoms with van der Waals surface area (Å²) in [4.78, 5) is 27.0. The molecule has 0 spiro atoms. The molecular formula is C31H40F2N6O3S. The topological polar surface area (TPSA) is 100 Å². The van der Waals surface area contributed by atoms with Gasteiger partial charge in [0.1, 0.15) is 23.5 Å². The lowest BCUT2D eigenvalue weighted by Crippen LogP contribution is -2.43. The van der Waals surface area contributed by atoms with Crippen molar-refractivity contribution in [3.63, 3.8) is 0 Å². The van der Waals surface area contributed by atoms with Gasteiger partial charge in [-0.3, -0.25) is 9.36 Å². The van der Waals surface area contributed by atoms with Crippen LogP contribution in [0.2, 0.25) is 0 Å². The van der Waals surface area contributed by atoms with E-state index in [1.807, 2.05) is 17.9 Å². The first kappa shape index (κ1) is 29.9. The van der Waals surface area contributed by atoms with Gasteiger partial charge in [0.2, 0.25) is 0 Å². The van der Waals surface area contributed by atoms with E-state index in [0.29, 0.717) is 60.6 Å². The van der Waals surface area contributed by atoms with E-state index in [2.05, 4.69) is 20.2 Å². The molecule has 232 valence electrons. The number of aryl methyl sites for hydroxylation is 1. The van der Waals surface area contributed by atoms with E-state index in [0.717, 1.165) is 32.2 Å². The summed E-state index contributed by atoms with van der Waals surface area (Å²) in [5.74, 6) is -3.11. The average molecular weight is 615 g/mol. The van der Waals surface area contributed by atoms with E-state index >= 15 is 8.78 Å². The van der Waals surface area contributed by atoms with Crippen LogP contribution in [-0.2, 0) is 22.3 Å². The average Bonchev–Trinajstić information content (AvgIpc) is 3.00. The van der Waals surface area contributed by atoms with Gasteiger partial charge in [0, 0.05) is 37.2 Å². The zero-order valence-corrected chi connectivity index (χ0v) is 25.5. The molecule has 0 radical (unpaired) electrons. The fourth-order valence-corrected chi connectivity index (χ4v) is 7.89. The Morgan fingerprint density at radius 2 is 1.65 bits per heavy atom. The molecule has 1 atom stereocenters. The van der Waals surface area contributed by atoms with Crippen molar-refractivity contribution in [3.05, 3.63) is 58.1 Å². The van der Waals surface area contributed by atoms with Crippen molar-refractivity contribution in [1.82, 2.24) is 19.4 Å². The van der Waals surface area contributed by atoms with E-state index in [1.165, 1.54) is 12.4 Å². The van der Waals surface area contributed by atoms with Gasteiger partial charge in [-0.05, 0) is 69.9 Å². The summed E-state index contributed by atoms with van der Waals surface area (Å²) in [6.07, 6.45) is 6.06. The molecule has 2 aromatic heterocycles. The van der Waals surface area contributed by atoms with E-state index in [1.54, 1.807) is 22.8 Å². The number of benzene rings is 1. The largest absolute Gasteiger partial charge is 0.365 e. The molecule has 4 aliphatic rings. The monoisotopic (exact) mass is 614 g/mol. The summed E-state index contributed by atoms with van der Waals surface area (Å²) >= 11 is 0. The highest BCUT2D eigenvalue weighted by molar-refractivity contribution is 7.91. The molecule has 9 nitrogen and oxygen atoms in total. The van der Waals surface area contributed by atoms with Crippen molar-refractivity contribution in [2.75, 3.05) is 54.4 Å². The van der Waals surface area contributed by atoms with Crippen LogP contribution in [0.15, 0.2) is 41.5 Å². The zero-order valence-electron chi connectivity index (χ0n) is 24.6. The number of halogens is 2. The fourth-order valence-electron chi connectivity index (χ4n) is 6.69. The minimum absolute atomic E-state index is 0.00322. The van der Waals surface area contributed by atoms with Gasteiger partial charge in [-0.25, -0.2) is 27.2 Å². The summed E-state index contributed by atoms with van der Waals surface area (Å²) < 4.78 is 57.5. The molecule has 12 heteroatoms. The van der Waals surface area contributed by atoms with E-state index in [9.17, 15) is 13.2 Å². The first-order valence-electron chi connectivity index (χ1n) is 15.4. The van der Waals surface area contributed by atoms with Gasteiger partial charge < -0.3 is 15.1 Å². The van der Waals surface area contributed by atoms with Gasteiger partial charge in [-0.2, -0.15) is 0 Å². The minimum atomic E-state index is -3.13. The van der Waals surface area contributed by atoms with Crippen molar-refractivity contribution < 1.29 is 17.2 Å². The quantitative estimate of drug-likeness (QED) is 0.426. The number of piperidine rings is 1. The van der Waals surface area contributed by atoms with Gasteiger partial charge >= 0.3 is 0 Å². The second-order valence-corrected chi connectivity index (χ2v) is 14.5. The Kier molecular flexibility index (Phi) is 8.43. The maximum absolute atomic E-state index is 15.8. The molecule has 4 aliphatic heterocycles. The lowest BCUT2D eigenvalue weighted by atomic mass is 9.85. The number of hydrogen-bond acceptors (Lipinski definition) is 8. The van der Waals surface area contributed by atoms with Crippen LogP contribution >= 0.6 is 0 Å². The summed E-state index contributed by atoms with van der Waals surface area (Å²) in [6, 6.07) is 8.05. The molecule has 1 aromatic carbocycles. The summed E-state index contributed by atoms with van der Waals surface area (Å²) in [7, 11) is -3.13. The second-order valence-electron chi connectivity index (χ2n) is 12.2. The number of hydrogen-bond donors (Lipinski definition) is 1. The molecule has 0 aliphatic carbocycles. The molecule has 3 aromatic rings. The van der Waals surface area contributed by atoms with Gasteiger partial charge in [0.05, 0.1) is 16.9 Å². The lowest BCUT2D eigenvalue weighted by molar-refractivity contribution is -0.0855. The first-order chi connectivity index (χ1) is 20.6. The number of alkyl halides is 2. The first-order valence-corrected chi connectivity index (χ1v) is 17.3. The van der Waals surface area contributed by atoms with Gasteiger partial charge in [-0.1, -0.05) is 31.0 Å². The van der Waals surface area contributed by atoms with Crippen LogP contribution in [0.25, 0.3) is 11.0 Å². The van der Waals surface area contributed by atoms with Crippen LogP contribution in [0.4, 0.5) is 20.3 Å². The molecule has 0 saturated carbocycles. The van der Waals surface area contributed by atoms with E-state index in [-0.39, 0.29) is 41.8 Å². The number of sulfone groups is 1. The van der Waals surface area contributed by atoms with Crippen LogP contribution < -0.4 is 15.8 Å². The zero-order chi connectivity index (χ0) is 30.2. The fraction of sp³-hybridized carbons (Fsp3) is 0.581. The highest BCUT2D eigenvalue weighted by Crippen LogP contribution is 2.42. The molecule has 1 N–H and O–H groups in total. The Bertz CT molecular complexity index is 1620.